The summed E-state index contributed by atoms with van der Waals surface area (Å²) in [6.07, 6.45) is 0.737. The first kappa shape index (κ1) is 24.9. The van der Waals surface area contributed by atoms with Gasteiger partial charge in [-0.15, -0.1) is 0 Å². The Morgan fingerprint density at radius 1 is 1.05 bits per heavy atom. The van der Waals surface area contributed by atoms with E-state index < -0.39 is 6.04 Å². The van der Waals surface area contributed by atoms with Crippen LogP contribution in [0.2, 0.25) is 0 Å². The van der Waals surface area contributed by atoms with Gasteiger partial charge in [-0.25, -0.2) is 0 Å². The summed E-state index contributed by atoms with van der Waals surface area (Å²) >= 11 is 0. The van der Waals surface area contributed by atoms with Gasteiger partial charge in [-0.05, 0) is 41.8 Å². The zero-order valence-corrected chi connectivity index (χ0v) is 21.1. The number of pyridine rings is 1. The van der Waals surface area contributed by atoms with E-state index in [-0.39, 0.29) is 41.9 Å². The molecule has 0 saturated carbocycles. The Morgan fingerprint density at radius 3 is 2.46 bits per heavy atom. The number of hydrogen-bond donors (Lipinski definition) is 3. The first-order valence-corrected chi connectivity index (χ1v) is 12.6. The van der Waals surface area contributed by atoms with Gasteiger partial charge in [-0.1, -0.05) is 42.5 Å². The van der Waals surface area contributed by atoms with Crippen LogP contribution >= 0.6 is 0 Å². The number of amides is 2. The summed E-state index contributed by atoms with van der Waals surface area (Å²) in [6, 6.07) is 20.1. The van der Waals surface area contributed by atoms with Gasteiger partial charge in [0.15, 0.2) is 0 Å². The van der Waals surface area contributed by atoms with Crippen LogP contribution in [0.1, 0.15) is 27.7 Å². The molecule has 1 saturated heterocycles. The van der Waals surface area contributed by atoms with Gasteiger partial charge in [0.05, 0.1) is 12.1 Å². The molecular weight excluding hydrogens is 468 g/mol. The summed E-state index contributed by atoms with van der Waals surface area (Å²) in [5.74, 6) is -0.564. The molecule has 3 aromatic rings. The topological polar surface area (TPSA) is 104 Å². The number of aliphatic hydroxyl groups excluding tert-OH is 1. The third kappa shape index (κ3) is 4.70. The molecule has 5 rings (SSSR count). The maximum Gasteiger partial charge on any atom is 0.258 e. The first-order chi connectivity index (χ1) is 17.9. The molecule has 1 fully saturated rings. The molecular formula is C29H32N4O4. The number of carbonyl (C=O) groups is 2. The minimum atomic E-state index is -0.513. The zero-order chi connectivity index (χ0) is 26.1. The molecule has 0 unspecified atom stereocenters. The van der Waals surface area contributed by atoms with Crippen LogP contribution in [0.4, 0.5) is 0 Å². The van der Waals surface area contributed by atoms with Crippen LogP contribution in [-0.2, 0) is 17.8 Å². The van der Waals surface area contributed by atoms with E-state index in [0.717, 1.165) is 23.2 Å². The van der Waals surface area contributed by atoms with Gasteiger partial charge >= 0.3 is 0 Å². The Hall–Kier alpha value is -3.75. The lowest BCUT2D eigenvalue weighted by Gasteiger charge is -2.21. The lowest BCUT2D eigenvalue weighted by Crippen LogP contribution is -2.46. The summed E-state index contributed by atoms with van der Waals surface area (Å²) in [5.41, 5.74) is 3.74. The maximum atomic E-state index is 13.4. The molecule has 192 valence electrons. The molecule has 0 radical (unpaired) electrons. The van der Waals surface area contributed by atoms with E-state index in [0.29, 0.717) is 24.2 Å². The van der Waals surface area contributed by atoms with Crippen molar-refractivity contribution in [2.24, 2.45) is 11.8 Å². The SMILES string of the molecule is CN(C)C(=O)c1ccc(-c2ccc3n(c2=O)C[C@H]2[C@H](CO)[C@@H](C(=O)NCCc4ccccc4)N[C@@H]32)cc1. The van der Waals surface area contributed by atoms with Crippen molar-refractivity contribution in [2.45, 2.75) is 25.0 Å². The lowest BCUT2D eigenvalue weighted by atomic mass is 9.88. The van der Waals surface area contributed by atoms with Gasteiger partial charge in [-0.3, -0.25) is 19.7 Å². The Bertz CT molecular complexity index is 1350. The molecule has 37 heavy (non-hydrogen) atoms. The van der Waals surface area contributed by atoms with Gasteiger partial charge < -0.3 is 19.9 Å². The van der Waals surface area contributed by atoms with Gasteiger partial charge in [-0.2, -0.15) is 0 Å². The lowest BCUT2D eigenvalue weighted by molar-refractivity contribution is -0.124. The Labute approximate surface area is 215 Å². The molecule has 1 aromatic heterocycles. The third-order valence-corrected chi connectivity index (χ3v) is 7.58. The molecule has 2 aliphatic heterocycles. The average Bonchev–Trinajstić information content (AvgIpc) is 3.46. The number of hydrogen-bond acceptors (Lipinski definition) is 5. The Balaban J connectivity index is 1.31. The summed E-state index contributed by atoms with van der Waals surface area (Å²) in [5, 5.41) is 16.6. The van der Waals surface area contributed by atoms with Gasteiger partial charge in [0.1, 0.15) is 0 Å². The van der Waals surface area contributed by atoms with Crippen LogP contribution in [0.5, 0.6) is 0 Å². The van der Waals surface area contributed by atoms with Crippen LogP contribution in [0.15, 0.2) is 71.5 Å². The fourth-order valence-corrected chi connectivity index (χ4v) is 5.61. The number of fused-ring (bicyclic) bond motifs is 3. The quantitative estimate of drug-likeness (QED) is 0.459. The van der Waals surface area contributed by atoms with E-state index in [4.69, 9.17) is 0 Å². The van der Waals surface area contributed by atoms with Crippen molar-refractivity contribution in [2.75, 3.05) is 27.2 Å². The van der Waals surface area contributed by atoms with Crippen molar-refractivity contribution in [1.82, 2.24) is 20.1 Å². The van der Waals surface area contributed by atoms with Crippen LogP contribution in [0, 0.1) is 11.8 Å². The number of carbonyl (C=O) groups excluding carboxylic acids is 2. The molecule has 3 N–H and O–H groups in total. The van der Waals surface area contributed by atoms with Crippen molar-refractivity contribution >= 4 is 11.8 Å². The maximum absolute atomic E-state index is 13.4. The second-order valence-corrected chi connectivity index (χ2v) is 10.0. The monoisotopic (exact) mass is 500 g/mol. The van der Waals surface area contributed by atoms with E-state index in [1.165, 1.54) is 4.90 Å². The summed E-state index contributed by atoms with van der Waals surface area (Å²) in [6.45, 7) is 0.824. The van der Waals surface area contributed by atoms with E-state index in [1.54, 1.807) is 42.9 Å². The molecule has 3 heterocycles. The van der Waals surface area contributed by atoms with Gasteiger partial charge in [0.25, 0.3) is 11.5 Å². The number of rotatable bonds is 7. The third-order valence-electron chi connectivity index (χ3n) is 7.58. The minimum absolute atomic E-state index is 0.0575. The van der Waals surface area contributed by atoms with E-state index in [9.17, 15) is 19.5 Å². The second-order valence-electron chi connectivity index (χ2n) is 10.0. The number of benzene rings is 2. The number of aliphatic hydroxyl groups is 1. The highest BCUT2D eigenvalue weighted by atomic mass is 16.3. The van der Waals surface area contributed by atoms with Crippen molar-refractivity contribution in [3.63, 3.8) is 0 Å². The normalized spacial score (nSPS) is 21.8. The summed E-state index contributed by atoms with van der Waals surface area (Å²) < 4.78 is 1.75. The van der Waals surface area contributed by atoms with E-state index in [1.807, 2.05) is 42.5 Å². The molecule has 2 amide bonds. The van der Waals surface area contributed by atoms with Crippen LogP contribution in [0.3, 0.4) is 0 Å². The summed E-state index contributed by atoms with van der Waals surface area (Å²) in [7, 11) is 3.40. The fraction of sp³-hybridized carbons (Fsp3) is 0.345. The Morgan fingerprint density at radius 2 is 1.78 bits per heavy atom. The second kappa shape index (κ2) is 10.3. The van der Waals surface area contributed by atoms with E-state index in [2.05, 4.69) is 10.6 Å². The highest BCUT2D eigenvalue weighted by Crippen LogP contribution is 2.42. The smallest absolute Gasteiger partial charge is 0.258 e. The van der Waals surface area contributed by atoms with E-state index >= 15 is 0 Å². The van der Waals surface area contributed by atoms with Crippen LogP contribution in [-0.4, -0.2) is 59.7 Å². The average molecular weight is 501 g/mol. The van der Waals surface area contributed by atoms with Gasteiger partial charge in [0.2, 0.25) is 5.91 Å². The van der Waals surface area contributed by atoms with Crippen molar-refractivity contribution in [1.29, 1.82) is 0 Å². The number of nitrogens with zero attached hydrogens (tertiary/aromatic N) is 2. The van der Waals surface area contributed by atoms with Gasteiger partial charge in [0, 0.05) is 62.4 Å². The highest BCUT2D eigenvalue weighted by Gasteiger charge is 2.50. The first-order valence-electron chi connectivity index (χ1n) is 12.6. The number of nitrogens with one attached hydrogen (secondary N) is 2. The largest absolute Gasteiger partial charge is 0.396 e. The summed E-state index contributed by atoms with van der Waals surface area (Å²) in [4.78, 5) is 40.1. The van der Waals surface area contributed by atoms with Crippen molar-refractivity contribution in [3.05, 3.63) is 93.9 Å². The Kier molecular flexibility index (Phi) is 6.95. The highest BCUT2D eigenvalue weighted by molar-refractivity contribution is 5.94. The molecule has 0 spiro atoms. The standard InChI is InChI=1S/C29H32N4O4/c1-32(2)28(36)20-10-8-19(9-11-20)21-12-13-24-25-22(16-33(24)29(21)37)23(17-34)26(31-25)27(35)30-15-14-18-6-4-3-5-7-18/h3-13,22-23,25-26,31,34H,14-17H2,1-2H3,(H,30,35)/t22-,23-,25+,26-/m0/s1. The zero-order valence-electron chi connectivity index (χ0n) is 21.1. The molecule has 2 aromatic carbocycles. The molecule has 0 aliphatic carbocycles. The predicted molar refractivity (Wildman–Crippen MR) is 141 cm³/mol. The van der Waals surface area contributed by atoms with Crippen molar-refractivity contribution < 1.29 is 14.7 Å². The fourth-order valence-electron chi connectivity index (χ4n) is 5.61. The molecule has 8 heteroatoms. The molecule has 0 bridgehead atoms. The predicted octanol–water partition coefficient (Wildman–Crippen LogP) is 1.83. The van der Waals surface area contributed by atoms with Crippen molar-refractivity contribution in [3.8, 4) is 11.1 Å². The van der Waals surface area contributed by atoms with Crippen LogP contribution < -0.4 is 16.2 Å². The number of aromatic nitrogens is 1. The molecule has 4 atom stereocenters. The molecule has 2 aliphatic rings. The minimum Gasteiger partial charge on any atom is -0.396 e. The molecule has 8 nitrogen and oxygen atoms in total. The van der Waals surface area contributed by atoms with Crippen LogP contribution in [0.25, 0.3) is 11.1 Å².